The normalized spacial score (nSPS) is 10.6. The Morgan fingerprint density at radius 1 is 1.08 bits per heavy atom. The molecule has 3 rings (SSSR count). The Hall–Kier alpha value is -1.98. The Balaban J connectivity index is 1.76. The Morgan fingerprint density at radius 3 is 2.65 bits per heavy atom. The van der Waals surface area contributed by atoms with Crippen LogP contribution in [0.5, 0.6) is 11.5 Å². The van der Waals surface area contributed by atoms with Gasteiger partial charge in [0.25, 0.3) is 0 Å². The largest absolute Gasteiger partial charge is 0.490 e. The fourth-order valence-corrected chi connectivity index (χ4v) is 3.85. The van der Waals surface area contributed by atoms with Crippen molar-refractivity contribution in [3.8, 4) is 11.5 Å². The quantitative estimate of drug-likeness (QED) is 0.446. The molecule has 26 heavy (non-hydrogen) atoms. The number of halogens is 1. The lowest BCUT2D eigenvalue weighted by atomic mass is 10.1. The summed E-state index contributed by atoms with van der Waals surface area (Å²) in [6.45, 7) is 5.93. The molecule has 1 aromatic heterocycles. The summed E-state index contributed by atoms with van der Waals surface area (Å²) in [6.07, 6.45) is 0. The third-order valence-electron chi connectivity index (χ3n) is 3.94. The molecule has 0 aliphatic heterocycles. The molecule has 0 amide bonds. The number of hydrogen-bond donors (Lipinski definition) is 1. The molecule has 0 bridgehead atoms. The van der Waals surface area contributed by atoms with Gasteiger partial charge in [-0.15, -0.1) is 11.3 Å². The summed E-state index contributed by atoms with van der Waals surface area (Å²) in [4.78, 5) is 1.18. The fourth-order valence-electron chi connectivity index (χ4n) is 2.63. The van der Waals surface area contributed by atoms with Crippen LogP contribution >= 0.6 is 27.3 Å². The van der Waals surface area contributed by atoms with E-state index in [2.05, 4.69) is 57.8 Å². The summed E-state index contributed by atoms with van der Waals surface area (Å²) in [5.74, 6) is 1.51. The van der Waals surface area contributed by atoms with Gasteiger partial charge in [-0.25, -0.2) is 0 Å². The van der Waals surface area contributed by atoms with Crippen molar-refractivity contribution in [3.05, 3.63) is 74.4 Å². The number of benzene rings is 2. The molecule has 5 heteroatoms. The molecule has 0 fully saturated rings. The second-order valence-corrected chi connectivity index (χ2v) is 7.76. The monoisotopic (exact) mass is 431 g/mol. The van der Waals surface area contributed by atoms with Gasteiger partial charge in [0.1, 0.15) is 6.61 Å². The number of hydrogen-bond acceptors (Lipinski definition) is 4. The Kier molecular flexibility index (Phi) is 6.58. The van der Waals surface area contributed by atoms with E-state index in [1.54, 1.807) is 11.3 Å². The maximum Gasteiger partial charge on any atom is 0.175 e. The van der Waals surface area contributed by atoms with E-state index in [4.69, 9.17) is 9.47 Å². The number of aryl methyl sites for hydroxylation is 1. The molecule has 0 saturated carbocycles. The number of anilines is 1. The predicted octanol–water partition coefficient (Wildman–Crippen LogP) is 6.41. The van der Waals surface area contributed by atoms with Crippen LogP contribution in [-0.2, 0) is 13.2 Å². The van der Waals surface area contributed by atoms with Crippen molar-refractivity contribution in [2.45, 2.75) is 27.0 Å². The van der Waals surface area contributed by atoms with Crippen molar-refractivity contribution >= 4 is 33.0 Å². The predicted molar refractivity (Wildman–Crippen MR) is 112 cm³/mol. The zero-order valence-electron chi connectivity index (χ0n) is 14.9. The standard InChI is InChI=1S/C21H22BrNO2S/c1-3-24-20-12-16(13-23-19-9-5-4-7-15(19)2)11-18(22)21(20)25-14-17-8-6-10-26-17/h4-12,23H,3,13-14H2,1-2H3. The second kappa shape index (κ2) is 9.10. The summed E-state index contributed by atoms with van der Waals surface area (Å²) in [6, 6.07) is 16.5. The van der Waals surface area contributed by atoms with E-state index in [0.29, 0.717) is 19.8 Å². The first-order valence-electron chi connectivity index (χ1n) is 8.57. The van der Waals surface area contributed by atoms with E-state index in [1.165, 1.54) is 10.4 Å². The van der Waals surface area contributed by atoms with Crippen molar-refractivity contribution in [1.82, 2.24) is 0 Å². The van der Waals surface area contributed by atoms with Gasteiger partial charge in [-0.1, -0.05) is 24.3 Å². The molecule has 1 N–H and O–H groups in total. The molecule has 0 aliphatic rings. The molecule has 136 valence electrons. The topological polar surface area (TPSA) is 30.5 Å². The van der Waals surface area contributed by atoms with Crippen molar-refractivity contribution in [3.63, 3.8) is 0 Å². The van der Waals surface area contributed by atoms with E-state index in [1.807, 2.05) is 31.2 Å². The molecular weight excluding hydrogens is 410 g/mol. The lowest BCUT2D eigenvalue weighted by Gasteiger charge is -2.16. The fraction of sp³-hybridized carbons (Fsp3) is 0.238. The molecular formula is C21H22BrNO2S. The molecule has 0 radical (unpaired) electrons. The van der Waals surface area contributed by atoms with E-state index >= 15 is 0 Å². The van der Waals surface area contributed by atoms with Crippen LogP contribution in [0.4, 0.5) is 5.69 Å². The third-order valence-corrected chi connectivity index (χ3v) is 5.37. The third kappa shape index (κ3) is 4.80. The zero-order chi connectivity index (χ0) is 18.4. The Labute approximate surface area is 167 Å². The van der Waals surface area contributed by atoms with E-state index in [0.717, 1.165) is 27.2 Å². The van der Waals surface area contributed by atoms with Crippen LogP contribution in [0.15, 0.2) is 58.4 Å². The summed E-state index contributed by atoms with van der Waals surface area (Å²) in [5, 5.41) is 5.54. The maximum absolute atomic E-state index is 6.02. The van der Waals surface area contributed by atoms with Crippen molar-refractivity contribution < 1.29 is 9.47 Å². The van der Waals surface area contributed by atoms with Crippen molar-refractivity contribution in [1.29, 1.82) is 0 Å². The first-order chi connectivity index (χ1) is 12.7. The van der Waals surface area contributed by atoms with Crippen LogP contribution in [0.25, 0.3) is 0 Å². The van der Waals surface area contributed by atoms with Crippen LogP contribution in [-0.4, -0.2) is 6.61 Å². The highest BCUT2D eigenvalue weighted by atomic mass is 79.9. The van der Waals surface area contributed by atoms with Crippen molar-refractivity contribution in [2.24, 2.45) is 0 Å². The molecule has 0 atom stereocenters. The van der Waals surface area contributed by atoms with Crippen molar-refractivity contribution in [2.75, 3.05) is 11.9 Å². The summed E-state index contributed by atoms with van der Waals surface area (Å²) in [5.41, 5.74) is 3.50. The summed E-state index contributed by atoms with van der Waals surface area (Å²) >= 11 is 5.33. The van der Waals surface area contributed by atoms with Gasteiger partial charge in [0.2, 0.25) is 0 Å². The smallest absolute Gasteiger partial charge is 0.175 e. The van der Waals surface area contributed by atoms with Crippen LogP contribution in [0.2, 0.25) is 0 Å². The summed E-state index contributed by atoms with van der Waals surface area (Å²) in [7, 11) is 0. The van der Waals surface area contributed by atoms with Crippen LogP contribution < -0.4 is 14.8 Å². The number of nitrogens with one attached hydrogen (secondary N) is 1. The molecule has 0 unspecified atom stereocenters. The number of para-hydroxylation sites is 1. The second-order valence-electron chi connectivity index (χ2n) is 5.87. The zero-order valence-corrected chi connectivity index (χ0v) is 17.3. The average Bonchev–Trinajstić information content (AvgIpc) is 3.14. The molecule has 3 aromatic rings. The molecule has 0 saturated heterocycles. The molecule has 1 heterocycles. The Morgan fingerprint density at radius 2 is 1.92 bits per heavy atom. The average molecular weight is 432 g/mol. The van der Waals surface area contributed by atoms with E-state index in [9.17, 15) is 0 Å². The Bertz CT molecular complexity index is 849. The first-order valence-corrected chi connectivity index (χ1v) is 10.2. The number of rotatable bonds is 8. The van der Waals surface area contributed by atoms with E-state index in [-0.39, 0.29) is 0 Å². The first kappa shape index (κ1) is 18.8. The molecule has 3 nitrogen and oxygen atoms in total. The maximum atomic E-state index is 6.02. The highest BCUT2D eigenvalue weighted by Gasteiger charge is 2.13. The van der Waals surface area contributed by atoms with Gasteiger partial charge in [-0.05, 0) is 70.5 Å². The lowest BCUT2D eigenvalue weighted by molar-refractivity contribution is 0.269. The van der Waals surface area contributed by atoms with Crippen LogP contribution in [0.1, 0.15) is 22.9 Å². The molecule has 2 aromatic carbocycles. The van der Waals surface area contributed by atoms with Crippen LogP contribution in [0.3, 0.4) is 0 Å². The van der Waals surface area contributed by atoms with Gasteiger partial charge >= 0.3 is 0 Å². The lowest BCUT2D eigenvalue weighted by Crippen LogP contribution is -2.04. The van der Waals surface area contributed by atoms with E-state index < -0.39 is 0 Å². The van der Waals surface area contributed by atoms with Gasteiger partial charge in [0, 0.05) is 17.1 Å². The highest BCUT2D eigenvalue weighted by molar-refractivity contribution is 9.10. The van der Waals surface area contributed by atoms with Gasteiger partial charge in [0.05, 0.1) is 11.1 Å². The van der Waals surface area contributed by atoms with Gasteiger partial charge in [-0.3, -0.25) is 0 Å². The summed E-state index contributed by atoms with van der Waals surface area (Å²) < 4.78 is 12.7. The minimum Gasteiger partial charge on any atom is -0.490 e. The SMILES string of the molecule is CCOc1cc(CNc2ccccc2C)cc(Br)c1OCc1cccs1. The minimum absolute atomic E-state index is 0.539. The van der Waals surface area contributed by atoms with Crippen LogP contribution in [0, 0.1) is 6.92 Å². The minimum atomic E-state index is 0.539. The number of ether oxygens (including phenoxy) is 2. The molecule has 0 aliphatic carbocycles. The van der Waals surface area contributed by atoms with Gasteiger partial charge < -0.3 is 14.8 Å². The van der Waals surface area contributed by atoms with Gasteiger partial charge in [-0.2, -0.15) is 0 Å². The highest BCUT2D eigenvalue weighted by Crippen LogP contribution is 2.38. The van der Waals surface area contributed by atoms with Gasteiger partial charge in [0.15, 0.2) is 11.5 Å². The molecule has 0 spiro atoms. The number of thiophene rings is 1.